The number of alkyl halides is 3. The van der Waals surface area contributed by atoms with Crippen molar-refractivity contribution in [1.29, 1.82) is 0 Å². The highest BCUT2D eigenvalue weighted by atomic mass is 32.1. The molecule has 0 spiro atoms. The SMILES string of the molecule is COC(C)(C)CCOc1ccc(C(F)(F)F)cc1C(=O)N=c1sc(C(C)(C)C)cn1C[C@H]1CCCO1. The Kier molecular flexibility index (Phi) is 8.73. The quantitative estimate of drug-likeness (QED) is 0.423. The van der Waals surface area contributed by atoms with Crippen LogP contribution in [-0.2, 0) is 27.6 Å². The number of amides is 1. The van der Waals surface area contributed by atoms with Crippen molar-refractivity contribution in [3.8, 4) is 5.75 Å². The van der Waals surface area contributed by atoms with E-state index in [0.29, 0.717) is 24.4 Å². The molecule has 0 unspecified atom stereocenters. The third kappa shape index (κ3) is 7.43. The van der Waals surface area contributed by atoms with E-state index >= 15 is 0 Å². The fraction of sp³-hybridized carbons (Fsp3) is 0.615. The smallest absolute Gasteiger partial charge is 0.416 e. The number of hydrogen-bond donors (Lipinski definition) is 0. The van der Waals surface area contributed by atoms with E-state index < -0.39 is 23.2 Å². The third-order valence-corrected chi connectivity index (χ3v) is 7.58. The van der Waals surface area contributed by atoms with Gasteiger partial charge in [-0.15, -0.1) is 11.3 Å². The van der Waals surface area contributed by atoms with E-state index in [-0.39, 0.29) is 29.4 Å². The monoisotopic (exact) mass is 528 g/mol. The maximum Gasteiger partial charge on any atom is 0.416 e. The summed E-state index contributed by atoms with van der Waals surface area (Å²) in [6.45, 7) is 11.3. The molecule has 0 radical (unpaired) electrons. The molecule has 1 atom stereocenters. The van der Waals surface area contributed by atoms with Gasteiger partial charge in [-0.05, 0) is 50.3 Å². The largest absolute Gasteiger partial charge is 0.493 e. The molecule has 3 rings (SSSR count). The van der Waals surface area contributed by atoms with Gasteiger partial charge in [0.05, 0.1) is 36.0 Å². The van der Waals surface area contributed by atoms with E-state index in [9.17, 15) is 18.0 Å². The van der Waals surface area contributed by atoms with Crippen molar-refractivity contribution in [3.63, 3.8) is 0 Å². The molecule has 1 aliphatic heterocycles. The second kappa shape index (κ2) is 11.1. The zero-order valence-electron chi connectivity index (χ0n) is 21.7. The topological polar surface area (TPSA) is 62.0 Å². The summed E-state index contributed by atoms with van der Waals surface area (Å²) in [6, 6.07) is 2.90. The number of carbonyl (C=O) groups excluding carboxylic acids is 1. The number of carbonyl (C=O) groups is 1. The number of halogens is 3. The number of ether oxygens (including phenoxy) is 3. The average Bonchev–Trinajstić information content (AvgIpc) is 3.43. The number of benzene rings is 1. The highest BCUT2D eigenvalue weighted by Gasteiger charge is 2.32. The predicted octanol–water partition coefficient (Wildman–Crippen LogP) is 5.98. The minimum Gasteiger partial charge on any atom is -0.493 e. The standard InChI is InChI=1S/C26H35F3N2O4S/c1-24(2,3)21-16-31(15-18-8-7-12-34-18)23(36-21)30-22(32)19-14-17(26(27,28)29)9-10-20(19)35-13-11-25(4,5)33-6/h9-10,14,16,18H,7-8,11-13,15H2,1-6H3/t18-/m1/s1. The second-order valence-corrected chi connectivity index (χ2v) is 11.6. The van der Waals surface area contributed by atoms with Gasteiger partial charge >= 0.3 is 6.18 Å². The molecule has 1 aromatic heterocycles. The zero-order chi connectivity index (χ0) is 26.7. The van der Waals surface area contributed by atoms with E-state index in [1.165, 1.54) is 17.4 Å². The van der Waals surface area contributed by atoms with E-state index in [1.807, 2.05) is 24.6 Å². The van der Waals surface area contributed by atoms with Crippen LogP contribution in [0.5, 0.6) is 5.75 Å². The zero-order valence-corrected chi connectivity index (χ0v) is 22.5. The second-order valence-electron chi connectivity index (χ2n) is 10.6. The molecular weight excluding hydrogens is 493 g/mol. The van der Waals surface area contributed by atoms with Crippen LogP contribution in [-0.4, -0.2) is 42.5 Å². The minimum absolute atomic E-state index is 0.0121. The Labute approximate surface area is 214 Å². The predicted molar refractivity (Wildman–Crippen MR) is 133 cm³/mol. The van der Waals surface area contributed by atoms with Gasteiger partial charge in [0.1, 0.15) is 5.75 Å². The van der Waals surface area contributed by atoms with Crippen LogP contribution in [0.3, 0.4) is 0 Å². The Hall–Kier alpha value is -2.17. The van der Waals surface area contributed by atoms with Gasteiger partial charge in [0.2, 0.25) is 0 Å². The van der Waals surface area contributed by atoms with E-state index in [0.717, 1.165) is 29.9 Å². The van der Waals surface area contributed by atoms with Crippen molar-refractivity contribution in [1.82, 2.24) is 4.57 Å². The lowest BCUT2D eigenvalue weighted by Crippen LogP contribution is -2.25. The molecule has 2 aromatic rings. The van der Waals surface area contributed by atoms with Crippen LogP contribution in [0.15, 0.2) is 29.4 Å². The summed E-state index contributed by atoms with van der Waals surface area (Å²) in [4.78, 5) is 19.0. The molecule has 0 N–H and O–H groups in total. The van der Waals surface area contributed by atoms with Crippen LogP contribution < -0.4 is 9.54 Å². The summed E-state index contributed by atoms with van der Waals surface area (Å²) >= 11 is 1.35. The van der Waals surface area contributed by atoms with Gasteiger partial charge in [-0.2, -0.15) is 18.2 Å². The number of aromatic nitrogens is 1. The van der Waals surface area contributed by atoms with Gasteiger partial charge in [-0.1, -0.05) is 20.8 Å². The lowest BCUT2D eigenvalue weighted by atomic mass is 9.95. The van der Waals surface area contributed by atoms with Crippen molar-refractivity contribution in [2.75, 3.05) is 20.3 Å². The lowest BCUT2D eigenvalue weighted by molar-refractivity contribution is -0.137. The molecule has 0 saturated carbocycles. The van der Waals surface area contributed by atoms with Gasteiger partial charge in [0, 0.05) is 31.2 Å². The van der Waals surface area contributed by atoms with E-state index in [4.69, 9.17) is 14.2 Å². The van der Waals surface area contributed by atoms with Crippen LogP contribution in [0.1, 0.15) is 74.7 Å². The van der Waals surface area contributed by atoms with Crippen LogP contribution in [0.25, 0.3) is 0 Å². The van der Waals surface area contributed by atoms with Crippen molar-refractivity contribution >= 4 is 17.2 Å². The molecule has 200 valence electrons. The first-order valence-corrected chi connectivity index (χ1v) is 12.8. The fourth-order valence-corrected chi connectivity index (χ4v) is 4.66. The van der Waals surface area contributed by atoms with E-state index in [2.05, 4.69) is 25.8 Å². The summed E-state index contributed by atoms with van der Waals surface area (Å²) in [6.07, 6.45) is -0.278. The average molecular weight is 529 g/mol. The van der Waals surface area contributed by atoms with E-state index in [1.54, 1.807) is 7.11 Å². The lowest BCUT2D eigenvalue weighted by Gasteiger charge is -2.23. The first-order valence-electron chi connectivity index (χ1n) is 12.0. The molecule has 10 heteroatoms. The summed E-state index contributed by atoms with van der Waals surface area (Å²) in [7, 11) is 1.57. The highest BCUT2D eigenvalue weighted by molar-refractivity contribution is 7.09. The number of rotatable bonds is 8. The Morgan fingerprint density at radius 2 is 1.94 bits per heavy atom. The molecule has 1 fully saturated rings. The Morgan fingerprint density at radius 3 is 2.53 bits per heavy atom. The maximum atomic E-state index is 13.5. The molecular formula is C26H35F3N2O4S. The van der Waals surface area contributed by atoms with Crippen molar-refractivity contribution in [2.45, 2.75) is 83.7 Å². The Morgan fingerprint density at radius 1 is 1.22 bits per heavy atom. The summed E-state index contributed by atoms with van der Waals surface area (Å²) in [5.74, 6) is -0.729. The minimum atomic E-state index is -4.60. The fourth-order valence-electron chi connectivity index (χ4n) is 3.61. The normalized spacial score (nSPS) is 17.6. The molecule has 1 aliphatic rings. The summed E-state index contributed by atoms with van der Waals surface area (Å²) in [5, 5.41) is 0. The van der Waals surface area contributed by atoms with Gasteiger partial charge in [0.15, 0.2) is 4.80 Å². The Balaban J connectivity index is 2.00. The van der Waals surface area contributed by atoms with Crippen molar-refractivity contribution in [2.24, 2.45) is 4.99 Å². The van der Waals surface area contributed by atoms with Gasteiger partial charge in [-0.3, -0.25) is 4.79 Å². The summed E-state index contributed by atoms with van der Waals surface area (Å²) in [5.41, 5.74) is -1.82. The van der Waals surface area contributed by atoms with Gasteiger partial charge in [-0.25, -0.2) is 0 Å². The maximum absolute atomic E-state index is 13.5. The number of nitrogens with zero attached hydrogens (tertiary/aromatic N) is 2. The molecule has 0 bridgehead atoms. The van der Waals surface area contributed by atoms with Gasteiger partial charge in [0.25, 0.3) is 5.91 Å². The molecule has 1 saturated heterocycles. The molecule has 1 aromatic carbocycles. The number of methoxy groups -OCH3 is 1. The molecule has 36 heavy (non-hydrogen) atoms. The number of hydrogen-bond acceptors (Lipinski definition) is 5. The molecule has 6 nitrogen and oxygen atoms in total. The number of thiazole rings is 1. The van der Waals surface area contributed by atoms with Crippen LogP contribution >= 0.6 is 11.3 Å². The summed E-state index contributed by atoms with van der Waals surface area (Å²) < 4.78 is 59.1. The van der Waals surface area contributed by atoms with Crippen LogP contribution in [0.2, 0.25) is 0 Å². The molecule has 1 amide bonds. The Bertz CT molecular complexity index is 1120. The van der Waals surface area contributed by atoms with Crippen LogP contribution in [0.4, 0.5) is 13.2 Å². The van der Waals surface area contributed by atoms with Gasteiger partial charge < -0.3 is 18.8 Å². The van der Waals surface area contributed by atoms with Crippen molar-refractivity contribution < 1.29 is 32.2 Å². The third-order valence-electron chi connectivity index (χ3n) is 6.13. The van der Waals surface area contributed by atoms with Crippen LogP contribution in [0, 0.1) is 0 Å². The first-order chi connectivity index (χ1) is 16.7. The van der Waals surface area contributed by atoms with Crippen molar-refractivity contribution in [3.05, 3.63) is 45.2 Å². The molecule has 0 aliphatic carbocycles. The first kappa shape index (κ1) is 28.4. The highest BCUT2D eigenvalue weighted by Crippen LogP contribution is 2.33. The molecule has 2 heterocycles.